The summed E-state index contributed by atoms with van der Waals surface area (Å²) < 4.78 is 20.6. The molecular formula is C22H19BrFN7O2. The van der Waals surface area contributed by atoms with Crippen LogP contribution in [0.2, 0.25) is 0 Å². The van der Waals surface area contributed by atoms with Crippen LogP contribution >= 0.6 is 15.9 Å². The minimum absolute atomic E-state index is 0.0798. The molecule has 5 heterocycles. The van der Waals surface area contributed by atoms with Gasteiger partial charge >= 0.3 is 0 Å². The highest BCUT2D eigenvalue weighted by molar-refractivity contribution is 9.10. The van der Waals surface area contributed by atoms with Crippen LogP contribution in [-0.2, 0) is 24.5 Å². The molecule has 0 spiro atoms. The number of nitrogen functional groups attached to an aromatic ring is 1. The van der Waals surface area contributed by atoms with Gasteiger partial charge in [0.05, 0.1) is 42.5 Å². The molecule has 11 heteroatoms. The molecule has 0 saturated carbocycles. The number of aromatic amines is 1. The number of anilines is 1. The summed E-state index contributed by atoms with van der Waals surface area (Å²) in [6.07, 6.45) is 4.68. The second-order valence-corrected chi connectivity index (χ2v) is 8.60. The molecule has 168 valence electrons. The average Bonchev–Trinajstić information content (AvgIpc) is 3.46. The second kappa shape index (κ2) is 8.49. The van der Waals surface area contributed by atoms with Crippen LogP contribution in [0.3, 0.4) is 0 Å². The standard InChI is InChI=1S/C22H19BrFN7O2/c1-11(21-26-3-2-4-27-21)31(8-18-15(24)5-12(23)7-28-18)22(32)17-6-16-19(29-17)13-9-33-10-14(13)20(25)30-16/h2-7,11,29H,8-10H2,1H3,(H2,25,30)/t11-/m1/s1. The normalized spacial score (nSPS) is 13.8. The highest BCUT2D eigenvalue weighted by Gasteiger charge is 2.29. The Morgan fingerprint density at radius 1 is 1.27 bits per heavy atom. The largest absolute Gasteiger partial charge is 0.383 e. The number of aromatic nitrogens is 5. The molecule has 1 amide bonds. The van der Waals surface area contributed by atoms with Gasteiger partial charge in [-0.3, -0.25) is 9.78 Å². The minimum atomic E-state index is -0.554. The Bertz CT molecular complexity index is 1360. The molecule has 4 aromatic rings. The molecule has 0 fully saturated rings. The topological polar surface area (TPSA) is 123 Å². The number of hydrogen-bond acceptors (Lipinski definition) is 7. The van der Waals surface area contributed by atoms with E-state index in [0.717, 1.165) is 11.1 Å². The Hall–Kier alpha value is -3.44. The number of rotatable bonds is 5. The van der Waals surface area contributed by atoms with Gasteiger partial charge in [-0.15, -0.1) is 0 Å². The van der Waals surface area contributed by atoms with Crippen molar-refractivity contribution in [1.82, 2.24) is 29.8 Å². The fourth-order valence-corrected chi connectivity index (χ4v) is 4.18. The predicted molar refractivity (Wildman–Crippen MR) is 121 cm³/mol. The third-order valence-electron chi connectivity index (χ3n) is 5.63. The smallest absolute Gasteiger partial charge is 0.271 e. The summed E-state index contributed by atoms with van der Waals surface area (Å²) in [6.45, 7) is 2.48. The number of H-pyrrole nitrogens is 1. The zero-order valence-electron chi connectivity index (χ0n) is 17.5. The second-order valence-electron chi connectivity index (χ2n) is 7.69. The van der Waals surface area contributed by atoms with E-state index in [-0.39, 0.29) is 23.8 Å². The summed E-state index contributed by atoms with van der Waals surface area (Å²) in [5, 5.41) is 0. The van der Waals surface area contributed by atoms with Gasteiger partial charge in [0.25, 0.3) is 5.91 Å². The number of carbonyl (C=O) groups excluding carboxylic acids is 1. The van der Waals surface area contributed by atoms with Crippen LogP contribution in [0.1, 0.15) is 46.1 Å². The van der Waals surface area contributed by atoms with E-state index < -0.39 is 11.9 Å². The van der Waals surface area contributed by atoms with Crippen LogP contribution in [0.15, 0.2) is 41.3 Å². The van der Waals surface area contributed by atoms with Crippen molar-refractivity contribution in [3.05, 3.63) is 75.4 Å². The third-order valence-corrected chi connectivity index (χ3v) is 6.06. The zero-order chi connectivity index (χ0) is 23.1. The average molecular weight is 512 g/mol. The van der Waals surface area contributed by atoms with Crippen molar-refractivity contribution in [2.45, 2.75) is 32.7 Å². The Morgan fingerprint density at radius 2 is 2.03 bits per heavy atom. The Morgan fingerprint density at radius 3 is 2.79 bits per heavy atom. The van der Waals surface area contributed by atoms with E-state index in [0.29, 0.717) is 40.4 Å². The molecule has 3 N–H and O–H groups in total. The van der Waals surface area contributed by atoms with Crippen LogP contribution in [0.5, 0.6) is 0 Å². The lowest BCUT2D eigenvalue weighted by molar-refractivity contribution is 0.0656. The molecule has 0 saturated heterocycles. The van der Waals surface area contributed by atoms with Gasteiger partial charge in [0.15, 0.2) is 0 Å². The number of nitrogens with one attached hydrogen (secondary N) is 1. The Labute approximate surface area is 196 Å². The molecular weight excluding hydrogens is 493 g/mol. The van der Waals surface area contributed by atoms with Crippen molar-refractivity contribution >= 4 is 38.7 Å². The molecule has 0 aliphatic carbocycles. The minimum Gasteiger partial charge on any atom is -0.383 e. The first-order chi connectivity index (χ1) is 15.9. The van der Waals surface area contributed by atoms with E-state index in [1.807, 2.05) is 0 Å². The number of halogens is 2. The number of hydrogen-bond donors (Lipinski definition) is 2. The molecule has 33 heavy (non-hydrogen) atoms. The van der Waals surface area contributed by atoms with E-state index in [4.69, 9.17) is 10.5 Å². The number of carbonyl (C=O) groups is 1. The summed E-state index contributed by atoms with van der Waals surface area (Å²) in [6, 6.07) is 4.09. The van der Waals surface area contributed by atoms with Crippen molar-refractivity contribution in [2.24, 2.45) is 0 Å². The zero-order valence-corrected chi connectivity index (χ0v) is 19.1. The molecule has 9 nitrogen and oxygen atoms in total. The van der Waals surface area contributed by atoms with Crippen LogP contribution in [0, 0.1) is 5.82 Å². The molecule has 0 aromatic carbocycles. The van der Waals surface area contributed by atoms with Gasteiger partial charge in [-0.2, -0.15) is 0 Å². The van der Waals surface area contributed by atoms with Crippen molar-refractivity contribution in [3.8, 4) is 0 Å². The number of fused-ring (bicyclic) bond motifs is 3. The van der Waals surface area contributed by atoms with Gasteiger partial charge in [0.2, 0.25) is 0 Å². The molecule has 0 bridgehead atoms. The van der Waals surface area contributed by atoms with Crippen molar-refractivity contribution < 1.29 is 13.9 Å². The summed E-state index contributed by atoms with van der Waals surface area (Å²) in [5.74, 6) is -0.0825. The Kier molecular flexibility index (Phi) is 5.51. The summed E-state index contributed by atoms with van der Waals surface area (Å²) in [4.78, 5) is 35.4. The van der Waals surface area contributed by atoms with Crippen molar-refractivity contribution in [3.63, 3.8) is 0 Å². The van der Waals surface area contributed by atoms with Crippen LogP contribution in [0.25, 0.3) is 11.0 Å². The number of nitrogens with two attached hydrogens (primary N) is 1. The monoisotopic (exact) mass is 511 g/mol. The predicted octanol–water partition coefficient (Wildman–Crippen LogP) is 3.67. The van der Waals surface area contributed by atoms with Crippen LogP contribution in [0.4, 0.5) is 10.2 Å². The first kappa shape index (κ1) is 21.4. The molecule has 0 radical (unpaired) electrons. The third kappa shape index (κ3) is 3.93. The Balaban J connectivity index is 1.56. The van der Waals surface area contributed by atoms with Crippen molar-refractivity contribution in [2.75, 3.05) is 5.73 Å². The molecule has 1 aliphatic rings. The highest BCUT2D eigenvalue weighted by Crippen LogP contribution is 2.32. The SMILES string of the molecule is C[C@H](c1ncccn1)N(Cc1ncc(Br)cc1F)C(=O)c1cc2nc(N)c3c(c2[nH]1)COC3. The lowest BCUT2D eigenvalue weighted by Gasteiger charge is -2.27. The summed E-state index contributed by atoms with van der Waals surface area (Å²) in [7, 11) is 0. The van der Waals surface area contributed by atoms with Gasteiger partial charge in [-0.25, -0.2) is 19.3 Å². The van der Waals surface area contributed by atoms with Gasteiger partial charge in [-0.1, -0.05) is 0 Å². The maximum atomic E-state index is 14.6. The molecule has 4 aromatic heterocycles. The molecule has 0 unspecified atom stereocenters. The first-order valence-corrected chi connectivity index (χ1v) is 11.0. The number of amides is 1. The highest BCUT2D eigenvalue weighted by atomic mass is 79.9. The lowest BCUT2D eigenvalue weighted by Crippen LogP contribution is -2.35. The summed E-state index contributed by atoms with van der Waals surface area (Å²) in [5.41, 5.74) is 9.47. The van der Waals surface area contributed by atoms with E-state index in [1.54, 1.807) is 31.5 Å². The quantitative estimate of drug-likeness (QED) is 0.418. The first-order valence-electron chi connectivity index (χ1n) is 10.2. The van der Waals surface area contributed by atoms with Gasteiger partial charge in [-0.05, 0) is 41.1 Å². The van der Waals surface area contributed by atoms with E-state index in [9.17, 15) is 9.18 Å². The van der Waals surface area contributed by atoms with E-state index in [1.165, 1.54) is 17.2 Å². The fraction of sp³-hybridized carbons (Fsp3) is 0.227. The van der Waals surface area contributed by atoms with Gasteiger partial charge in [0, 0.05) is 34.2 Å². The van der Waals surface area contributed by atoms with Gasteiger partial charge in [0.1, 0.15) is 23.2 Å². The lowest BCUT2D eigenvalue weighted by atomic mass is 10.1. The number of nitrogens with zero attached hydrogens (tertiary/aromatic N) is 5. The van der Waals surface area contributed by atoms with E-state index >= 15 is 0 Å². The number of pyridine rings is 2. The fourth-order valence-electron chi connectivity index (χ4n) is 3.88. The van der Waals surface area contributed by atoms with Gasteiger partial charge < -0.3 is 20.4 Å². The molecule has 1 aliphatic heterocycles. The molecule has 5 rings (SSSR count). The number of ether oxygens (including phenoxy) is 1. The van der Waals surface area contributed by atoms with Crippen LogP contribution < -0.4 is 5.73 Å². The van der Waals surface area contributed by atoms with E-state index in [2.05, 4.69) is 40.8 Å². The molecule has 1 atom stereocenters. The summed E-state index contributed by atoms with van der Waals surface area (Å²) >= 11 is 3.21. The van der Waals surface area contributed by atoms with Crippen LogP contribution in [-0.4, -0.2) is 35.7 Å². The maximum Gasteiger partial charge on any atom is 0.271 e. The maximum absolute atomic E-state index is 14.6. The van der Waals surface area contributed by atoms with Crippen molar-refractivity contribution in [1.29, 1.82) is 0 Å².